The fraction of sp³-hybridized carbons (Fsp3) is 0. The monoisotopic (exact) mass is 714 g/mol. The number of hydrogen-bond acceptors (Lipinski definition) is 2. The molecule has 0 aliphatic rings. The highest BCUT2D eigenvalue weighted by Gasteiger charge is 2.18. The first kappa shape index (κ1) is 31.9. The Morgan fingerprint density at radius 3 is 1.61 bits per heavy atom. The standard InChI is InChI=1S/C52H34N4/c1-4-12-37(13-5-1)46-34-47(38-14-6-2-7-15-38)54-52(53-46)40-22-20-35(21-23-40)36-24-28-42(29-25-36)56-49-19-11-10-18-43(49)44-30-26-39-27-31-48-45(50(39)51(44)56)32-33-55(48)41-16-8-3-9-17-41/h1-34H. The van der Waals surface area contributed by atoms with Crippen molar-refractivity contribution in [1.82, 2.24) is 19.1 Å². The Labute approximate surface area is 324 Å². The molecule has 0 saturated carbocycles. The molecule has 0 saturated heterocycles. The SMILES string of the molecule is c1ccc(-c2cc(-c3ccccc3)nc(-c3ccc(-c4ccc(-n5c6ccccc6c6ccc7ccc8c(ccn8-c8ccccc8)c7c65)cc4)cc3)n2)cc1. The van der Waals surface area contributed by atoms with Gasteiger partial charge < -0.3 is 9.13 Å². The molecule has 0 radical (unpaired) electrons. The number of nitrogens with zero attached hydrogens (tertiary/aromatic N) is 4. The molecule has 0 aliphatic heterocycles. The third-order valence-electron chi connectivity index (χ3n) is 11.0. The Morgan fingerprint density at radius 2 is 0.929 bits per heavy atom. The van der Waals surface area contributed by atoms with Gasteiger partial charge in [-0.25, -0.2) is 9.97 Å². The van der Waals surface area contributed by atoms with Gasteiger partial charge in [0.05, 0.1) is 27.9 Å². The lowest BCUT2D eigenvalue weighted by molar-refractivity contribution is 1.13. The summed E-state index contributed by atoms with van der Waals surface area (Å²) in [6.07, 6.45) is 2.19. The molecule has 0 atom stereocenters. The van der Waals surface area contributed by atoms with E-state index < -0.39 is 0 Å². The van der Waals surface area contributed by atoms with Crippen LogP contribution < -0.4 is 0 Å². The van der Waals surface area contributed by atoms with Gasteiger partial charge in [0, 0.05) is 55.8 Å². The molecule has 0 fully saturated rings. The van der Waals surface area contributed by atoms with E-state index in [-0.39, 0.29) is 0 Å². The Bertz CT molecular complexity index is 3140. The predicted octanol–water partition coefficient (Wildman–Crippen LogP) is 13.3. The van der Waals surface area contributed by atoms with Crippen LogP contribution in [0.1, 0.15) is 0 Å². The van der Waals surface area contributed by atoms with Gasteiger partial charge in [-0.3, -0.25) is 0 Å². The maximum Gasteiger partial charge on any atom is 0.160 e. The Kier molecular flexibility index (Phi) is 7.46. The average molecular weight is 715 g/mol. The highest BCUT2D eigenvalue weighted by atomic mass is 15.0. The molecule has 3 aromatic heterocycles. The Hall–Kier alpha value is -7.56. The quantitative estimate of drug-likeness (QED) is 0.172. The van der Waals surface area contributed by atoms with Crippen LogP contribution in [0.3, 0.4) is 0 Å². The van der Waals surface area contributed by atoms with Crippen LogP contribution >= 0.6 is 0 Å². The zero-order valence-corrected chi connectivity index (χ0v) is 30.4. The van der Waals surface area contributed by atoms with Gasteiger partial charge >= 0.3 is 0 Å². The van der Waals surface area contributed by atoms with Crippen LogP contribution in [0.15, 0.2) is 206 Å². The summed E-state index contributed by atoms with van der Waals surface area (Å²) in [6, 6.07) is 71.0. The largest absolute Gasteiger partial charge is 0.317 e. The van der Waals surface area contributed by atoms with Crippen molar-refractivity contribution in [2.45, 2.75) is 0 Å². The molecule has 0 bridgehead atoms. The first-order chi connectivity index (χ1) is 27.8. The molecule has 4 heteroatoms. The number of hydrogen-bond donors (Lipinski definition) is 0. The first-order valence-corrected chi connectivity index (χ1v) is 19.0. The molecule has 56 heavy (non-hydrogen) atoms. The summed E-state index contributed by atoms with van der Waals surface area (Å²) in [6.45, 7) is 0. The second-order valence-electron chi connectivity index (χ2n) is 14.3. The summed E-state index contributed by atoms with van der Waals surface area (Å²) in [5, 5.41) is 6.23. The second kappa shape index (κ2) is 13.1. The van der Waals surface area contributed by atoms with E-state index in [0.29, 0.717) is 5.82 Å². The molecule has 4 nitrogen and oxygen atoms in total. The average Bonchev–Trinajstić information content (AvgIpc) is 3.87. The van der Waals surface area contributed by atoms with Crippen molar-refractivity contribution in [3.63, 3.8) is 0 Å². The van der Waals surface area contributed by atoms with Gasteiger partial charge in [-0.05, 0) is 65.0 Å². The summed E-state index contributed by atoms with van der Waals surface area (Å²) in [7, 11) is 0. The molecule has 0 aliphatic carbocycles. The Balaban J connectivity index is 0.999. The number of para-hydroxylation sites is 2. The van der Waals surface area contributed by atoms with Crippen LogP contribution in [0.25, 0.3) is 99.9 Å². The van der Waals surface area contributed by atoms with Crippen molar-refractivity contribution < 1.29 is 0 Å². The molecule has 11 rings (SSSR count). The van der Waals surface area contributed by atoms with E-state index in [1.54, 1.807) is 0 Å². The van der Waals surface area contributed by atoms with Crippen molar-refractivity contribution >= 4 is 43.5 Å². The fourth-order valence-electron chi connectivity index (χ4n) is 8.28. The van der Waals surface area contributed by atoms with Gasteiger partial charge in [0.2, 0.25) is 0 Å². The van der Waals surface area contributed by atoms with E-state index in [1.807, 2.05) is 36.4 Å². The van der Waals surface area contributed by atoms with Crippen molar-refractivity contribution in [3.8, 4) is 56.4 Å². The minimum atomic E-state index is 0.707. The zero-order valence-electron chi connectivity index (χ0n) is 30.4. The Morgan fingerprint density at radius 1 is 0.357 bits per heavy atom. The summed E-state index contributed by atoms with van der Waals surface area (Å²) >= 11 is 0. The van der Waals surface area contributed by atoms with Crippen molar-refractivity contribution in [2.75, 3.05) is 0 Å². The summed E-state index contributed by atoms with van der Waals surface area (Å²) in [5.74, 6) is 0.707. The molecular formula is C52H34N4. The van der Waals surface area contributed by atoms with Crippen LogP contribution in [0, 0.1) is 0 Å². The van der Waals surface area contributed by atoms with Gasteiger partial charge in [-0.2, -0.15) is 0 Å². The van der Waals surface area contributed by atoms with Gasteiger partial charge in [0.25, 0.3) is 0 Å². The van der Waals surface area contributed by atoms with Gasteiger partial charge in [-0.1, -0.05) is 152 Å². The van der Waals surface area contributed by atoms with Gasteiger partial charge in [0.15, 0.2) is 5.82 Å². The molecule has 11 aromatic rings. The zero-order chi connectivity index (χ0) is 37.0. The van der Waals surface area contributed by atoms with Crippen LogP contribution in [0.4, 0.5) is 0 Å². The highest BCUT2D eigenvalue weighted by Crippen LogP contribution is 2.40. The molecule has 0 N–H and O–H groups in total. The van der Waals surface area contributed by atoms with E-state index in [4.69, 9.17) is 9.97 Å². The van der Waals surface area contributed by atoms with Crippen LogP contribution in [-0.2, 0) is 0 Å². The minimum absolute atomic E-state index is 0.707. The normalized spacial score (nSPS) is 11.6. The van der Waals surface area contributed by atoms with E-state index in [0.717, 1.165) is 50.6 Å². The number of rotatable bonds is 6. The van der Waals surface area contributed by atoms with Crippen molar-refractivity contribution in [2.24, 2.45) is 0 Å². The van der Waals surface area contributed by atoms with E-state index in [1.165, 1.54) is 43.5 Å². The summed E-state index contributed by atoms with van der Waals surface area (Å²) in [4.78, 5) is 10.1. The number of benzene rings is 8. The maximum atomic E-state index is 5.03. The highest BCUT2D eigenvalue weighted by molar-refractivity contribution is 6.25. The first-order valence-electron chi connectivity index (χ1n) is 19.0. The van der Waals surface area contributed by atoms with E-state index in [9.17, 15) is 0 Å². The van der Waals surface area contributed by atoms with Crippen molar-refractivity contribution in [3.05, 3.63) is 206 Å². The molecule has 0 unspecified atom stereocenters. The molecular weight excluding hydrogens is 681 g/mol. The molecule has 3 heterocycles. The van der Waals surface area contributed by atoms with Crippen molar-refractivity contribution in [1.29, 1.82) is 0 Å². The second-order valence-corrected chi connectivity index (χ2v) is 14.3. The predicted molar refractivity (Wildman–Crippen MR) is 232 cm³/mol. The lowest BCUT2D eigenvalue weighted by Crippen LogP contribution is -1.96. The number of aromatic nitrogens is 4. The molecule has 0 amide bonds. The summed E-state index contributed by atoms with van der Waals surface area (Å²) < 4.78 is 4.73. The van der Waals surface area contributed by atoms with Crippen LogP contribution in [-0.4, -0.2) is 19.1 Å². The third kappa shape index (κ3) is 5.31. The van der Waals surface area contributed by atoms with Crippen LogP contribution in [0.5, 0.6) is 0 Å². The van der Waals surface area contributed by atoms with Crippen LogP contribution in [0.2, 0.25) is 0 Å². The number of fused-ring (bicyclic) bond motifs is 7. The van der Waals surface area contributed by atoms with E-state index >= 15 is 0 Å². The third-order valence-corrected chi connectivity index (χ3v) is 11.0. The minimum Gasteiger partial charge on any atom is -0.317 e. The molecule has 0 spiro atoms. The maximum absolute atomic E-state index is 5.03. The molecule has 8 aromatic carbocycles. The fourth-order valence-corrected chi connectivity index (χ4v) is 8.28. The van der Waals surface area contributed by atoms with E-state index in [2.05, 4.69) is 179 Å². The summed E-state index contributed by atoms with van der Waals surface area (Å²) in [5.41, 5.74) is 13.1. The van der Waals surface area contributed by atoms with Gasteiger partial charge in [-0.15, -0.1) is 0 Å². The topological polar surface area (TPSA) is 35.6 Å². The lowest BCUT2D eigenvalue weighted by Gasteiger charge is -2.13. The van der Waals surface area contributed by atoms with Gasteiger partial charge in [0.1, 0.15) is 0 Å². The molecule has 262 valence electrons. The lowest BCUT2D eigenvalue weighted by atomic mass is 10.0. The smallest absolute Gasteiger partial charge is 0.160 e.